The number of aromatic hydroxyl groups is 1. The molecule has 0 unspecified atom stereocenters. The molecule has 0 amide bonds. The summed E-state index contributed by atoms with van der Waals surface area (Å²) in [5.41, 5.74) is -0.0936. The third-order valence-corrected chi connectivity index (χ3v) is 1.83. The van der Waals surface area contributed by atoms with Gasteiger partial charge >= 0.3 is 5.97 Å². The van der Waals surface area contributed by atoms with Gasteiger partial charge in [0.1, 0.15) is 0 Å². The number of rotatable bonds is 2. The van der Waals surface area contributed by atoms with Crippen molar-refractivity contribution in [1.82, 2.24) is 9.97 Å². The summed E-state index contributed by atoms with van der Waals surface area (Å²) in [6.07, 6.45) is 1.46. The van der Waals surface area contributed by atoms with E-state index in [-0.39, 0.29) is 11.5 Å². The molecule has 6 nitrogen and oxygen atoms in total. The van der Waals surface area contributed by atoms with E-state index in [2.05, 4.69) is 14.7 Å². The van der Waals surface area contributed by atoms with Crippen LogP contribution in [0.3, 0.4) is 0 Å². The molecule has 0 bridgehead atoms. The Balaban J connectivity index is 2.41. The SMILES string of the molecule is COC(=O)c1[nH]c(-c2ccco2)nc1O. The maximum Gasteiger partial charge on any atom is 0.360 e. The summed E-state index contributed by atoms with van der Waals surface area (Å²) in [6.45, 7) is 0. The Morgan fingerprint density at radius 1 is 1.67 bits per heavy atom. The lowest BCUT2D eigenvalue weighted by molar-refractivity contribution is 0.0591. The van der Waals surface area contributed by atoms with E-state index in [0.717, 1.165) is 0 Å². The summed E-state index contributed by atoms with van der Waals surface area (Å²) in [6, 6.07) is 3.33. The number of aromatic nitrogens is 2. The highest BCUT2D eigenvalue weighted by Crippen LogP contribution is 2.22. The van der Waals surface area contributed by atoms with E-state index >= 15 is 0 Å². The second-order valence-electron chi connectivity index (χ2n) is 2.75. The number of carbonyl (C=O) groups is 1. The van der Waals surface area contributed by atoms with Gasteiger partial charge < -0.3 is 19.2 Å². The van der Waals surface area contributed by atoms with Crippen molar-refractivity contribution in [2.75, 3.05) is 7.11 Å². The number of esters is 1. The Morgan fingerprint density at radius 2 is 2.47 bits per heavy atom. The molecule has 0 fully saturated rings. The van der Waals surface area contributed by atoms with Crippen LogP contribution in [0.4, 0.5) is 0 Å². The number of nitrogens with zero attached hydrogens (tertiary/aromatic N) is 1. The van der Waals surface area contributed by atoms with Crippen LogP contribution in [0.15, 0.2) is 22.8 Å². The first-order valence-corrected chi connectivity index (χ1v) is 4.13. The van der Waals surface area contributed by atoms with Gasteiger partial charge in [-0.05, 0) is 12.1 Å². The minimum atomic E-state index is -0.683. The third kappa shape index (κ3) is 1.56. The normalized spacial score (nSPS) is 10.2. The predicted molar refractivity (Wildman–Crippen MR) is 49.3 cm³/mol. The number of ether oxygens (including phenoxy) is 1. The zero-order valence-corrected chi connectivity index (χ0v) is 7.85. The van der Waals surface area contributed by atoms with Gasteiger partial charge in [-0.25, -0.2) is 4.79 Å². The predicted octanol–water partition coefficient (Wildman–Crippen LogP) is 1.16. The molecule has 0 aromatic carbocycles. The van der Waals surface area contributed by atoms with Crippen molar-refractivity contribution in [3.05, 3.63) is 24.1 Å². The van der Waals surface area contributed by atoms with E-state index in [4.69, 9.17) is 4.42 Å². The Bertz CT molecular complexity index is 472. The smallest absolute Gasteiger partial charge is 0.360 e. The van der Waals surface area contributed by atoms with E-state index in [1.165, 1.54) is 13.4 Å². The summed E-state index contributed by atoms with van der Waals surface area (Å²) in [5, 5.41) is 9.35. The van der Waals surface area contributed by atoms with Gasteiger partial charge in [0.05, 0.1) is 13.4 Å². The highest BCUT2D eigenvalue weighted by atomic mass is 16.5. The summed E-state index contributed by atoms with van der Waals surface area (Å²) < 4.78 is 9.49. The third-order valence-electron chi connectivity index (χ3n) is 1.83. The molecule has 0 aliphatic rings. The lowest BCUT2D eigenvalue weighted by Gasteiger charge is -1.93. The first-order valence-electron chi connectivity index (χ1n) is 4.13. The Labute approximate surface area is 84.5 Å². The van der Waals surface area contributed by atoms with Crippen molar-refractivity contribution in [3.63, 3.8) is 0 Å². The van der Waals surface area contributed by atoms with Gasteiger partial charge in [0.15, 0.2) is 17.3 Å². The zero-order chi connectivity index (χ0) is 10.8. The fourth-order valence-electron chi connectivity index (χ4n) is 1.14. The van der Waals surface area contributed by atoms with Gasteiger partial charge in [0.2, 0.25) is 5.88 Å². The molecule has 15 heavy (non-hydrogen) atoms. The zero-order valence-electron chi connectivity index (χ0n) is 7.85. The van der Waals surface area contributed by atoms with Gasteiger partial charge in [-0.15, -0.1) is 0 Å². The number of nitrogens with one attached hydrogen (secondary N) is 1. The fourth-order valence-corrected chi connectivity index (χ4v) is 1.14. The van der Waals surface area contributed by atoms with E-state index in [1.54, 1.807) is 12.1 Å². The molecule has 2 aromatic heterocycles. The van der Waals surface area contributed by atoms with Crippen LogP contribution in [0.5, 0.6) is 5.88 Å². The maximum atomic E-state index is 11.1. The highest BCUT2D eigenvalue weighted by Gasteiger charge is 2.18. The Kier molecular flexibility index (Phi) is 2.17. The lowest BCUT2D eigenvalue weighted by Crippen LogP contribution is -2.01. The van der Waals surface area contributed by atoms with E-state index in [1.807, 2.05) is 0 Å². The summed E-state index contributed by atoms with van der Waals surface area (Å²) in [7, 11) is 1.22. The second-order valence-corrected chi connectivity index (χ2v) is 2.75. The number of furan rings is 1. The van der Waals surface area contributed by atoms with Gasteiger partial charge in [0, 0.05) is 0 Å². The average Bonchev–Trinajstić information content (AvgIpc) is 2.84. The quantitative estimate of drug-likeness (QED) is 0.723. The number of imidazole rings is 1. The van der Waals surface area contributed by atoms with Crippen LogP contribution < -0.4 is 0 Å². The molecule has 0 atom stereocenters. The second kappa shape index (κ2) is 3.49. The monoisotopic (exact) mass is 208 g/mol. The van der Waals surface area contributed by atoms with Crippen LogP contribution in [-0.2, 0) is 4.74 Å². The molecule has 0 aliphatic carbocycles. The molecule has 0 saturated heterocycles. The van der Waals surface area contributed by atoms with Gasteiger partial charge in [-0.3, -0.25) is 0 Å². The first-order chi connectivity index (χ1) is 7.22. The molecule has 0 radical (unpaired) electrons. The van der Waals surface area contributed by atoms with Crippen molar-refractivity contribution in [2.45, 2.75) is 0 Å². The largest absolute Gasteiger partial charge is 0.492 e. The van der Waals surface area contributed by atoms with Gasteiger partial charge in [-0.2, -0.15) is 4.98 Å². The molecule has 2 N–H and O–H groups in total. The van der Waals surface area contributed by atoms with Crippen molar-refractivity contribution in [1.29, 1.82) is 0 Å². The summed E-state index contributed by atoms with van der Waals surface area (Å²) in [4.78, 5) is 17.5. The Hall–Kier alpha value is -2.24. The van der Waals surface area contributed by atoms with Crippen LogP contribution in [-0.4, -0.2) is 28.2 Å². The minimum absolute atomic E-state index is 0.0936. The van der Waals surface area contributed by atoms with Crippen LogP contribution in [0.25, 0.3) is 11.6 Å². The molecule has 0 aliphatic heterocycles. The highest BCUT2D eigenvalue weighted by molar-refractivity contribution is 5.90. The minimum Gasteiger partial charge on any atom is -0.492 e. The van der Waals surface area contributed by atoms with Crippen molar-refractivity contribution >= 4 is 5.97 Å². The van der Waals surface area contributed by atoms with E-state index in [9.17, 15) is 9.90 Å². The number of hydrogen-bond donors (Lipinski definition) is 2. The fraction of sp³-hybridized carbons (Fsp3) is 0.111. The van der Waals surface area contributed by atoms with Gasteiger partial charge in [-0.1, -0.05) is 0 Å². The molecule has 78 valence electrons. The van der Waals surface area contributed by atoms with Crippen molar-refractivity contribution < 1.29 is 19.1 Å². The van der Waals surface area contributed by atoms with Crippen molar-refractivity contribution in [2.24, 2.45) is 0 Å². The number of carbonyl (C=O) groups excluding carboxylic acids is 1. The number of hydrogen-bond acceptors (Lipinski definition) is 5. The molecule has 2 aromatic rings. The Morgan fingerprint density at radius 3 is 3.07 bits per heavy atom. The van der Waals surface area contributed by atoms with E-state index in [0.29, 0.717) is 5.76 Å². The molecule has 0 saturated carbocycles. The molecule has 2 rings (SSSR count). The standard InChI is InChI=1S/C9H8N2O4/c1-14-9(13)6-8(12)11-7(10-6)5-3-2-4-15-5/h2-4,12H,1H3,(H,10,11). The molecular formula is C9H8N2O4. The van der Waals surface area contributed by atoms with Crippen LogP contribution in [0, 0.1) is 0 Å². The molecular weight excluding hydrogens is 200 g/mol. The van der Waals surface area contributed by atoms with Gasteiger partial charge in [0.25, 0.3) is 0 Å². The molecule has 6 heteroatoms. The summed E-state index contributed by atoms with van der Waals surface area (Å²) in [5.74, 6) is -0.385. The molecule has 2 heterocycles. The van der Waals surface area contributed by atoms with Crippen LogP contribution in [0.1, 0.15) is 10.5 Å². The topological polar surface area (TPSA) is 88.4 Å². The first kappa shape index (κ1) is 9.32. The van der Waals surface area contributed by atoms with Crippen molar-refractivity contribution in [3.8, 4) is 17.5 Å². The lowest BCUT2D eigenvalue weighted by atomic mass is 10.4. The van der Waals surface area contributed by atoms with Crippen LogP contribution >= 0.6 is 0 Å². The maximum absolute atomic E-state index is 11.1. The average molecular weight is 208 g/mol. The molecule has 0 spiro atoms. The van der Waals surface area contributed by atoms with E-state index < -0.39 is 11.8 Å². The summed E-state index contributed by atoms with van der Waals surface area (Å²) >= 11 is 0. The van der Waals surface area contributed by atoms with Crippen LogP contribution in [0.2, 0.25) is 0 Å². The number of H-pyrrole nitrogens is 1. The number of aromatic amines is 1. The number of methoxy groups -OCH3 is 1.